The number of ether oxygens (including phenoxy) is 2. The summed E-state index contributed by atoms with van der Waals surface area (Å²) in [5.74, 6) is 3.72. The van der Waals surface area contributed by atoms with E-state index >= 15 is 0 Å². The molecule has 0 spiro atoms. The smallest absolute Gasteiger partial charge is 0.237 e. The van der Waals surface area contributed by atoms with Gasteiger partial charge in [-0.15, -0.1) is 21.5 Å². The Balaban J connectivity index is 1.49. The second-order valence-electron chi connectivity index (χ2n) is 6.82. The fourth-order valence-corrected chi connectivity index (χ4v) is 4.72. The molecule has 3 heterocycles. The van der Waals surface area contributed by atoms with E-state index in [1.54, 1.807) is 25.6 Å². The minimum atomic E-state index is 0.457. The summed E-state index contributed by atoms with van der Waals surface area (Å²) in [5, 5.41) is 15.7. The van der Waals surface area contributed by atoms with E-state index < -0.39 is 0 Å². The quantitative estimate of drug-likeness (QED) is 0.276. The number of nitrogens with zero attached hydrogens (tertiary/aromatic N) is 5. The Hall–Kier alpha value is -3.63. The molecule has 0 unspecified atom stereocenters. The van der Waals surface area contributed by atoms with Crippen molar-refractivity contribution < 1.29 is 14.0 Å². The molecule has 0 fully saturated rings. The van der Waals surface area contributed by atoms with E-state index in [9.17, 15) is 0 Å². The van der Waals surface area contributed by atoms with Gasteiger partial charge in [0.2, 0.25) is 11.7 Å². The van der Waals surface area contributed by atoms with Crippen LogP contribution < -0.4 is 9.47 Å². The number of hydrogen-bond acceptors (Lipinski definition) is 9. The second-order valence-corrected chi connectivity index (χ2v) is 8.71. The zero-order valence-corrected chi connectivity index (χ0v) is 19.5. The van der Waals surface area contributed by atoms with E-state index in [4.69, 9.17) is 14.0 Å². The van der Waals surface area contributed by atoms with E-state index in [2.05, 4.69) is 20.3 Å². The number of hydrogen-bond donors (Lipinski definition) is 0. The van der Waals surface area contributed by atoms with Gasteiger partial charge >= 0.3 is 0 Å². The van der Waals surface area contributed by atoms with Crippen molar-refractivity contribution in [2.24, 2.45) is 0 Å². The summed E-state index contributed by atoms with van der Waals surface area (Å²) in [5.41, 5.74) is 1.74. The Morgan fingerprint density at radius 3 is 2.58 bits per heavy atom. The number of aromatic nitrogens is 5. The van der Waals surface area contributed by atoms with E-state index in [1.807, 2.05) is 70.6 Å². The van der Waals surface area contributed by atoms with Crippen LogP contribution in [0.5, 0.6) is 11.5 Å². The molecule has 0 radical (unpaired) electrons. The maximum absolute atomic E-state index is 5.56. The molecule has 8 nitrogen and oxygen atoms in total. The lowest BCUT2D eigenvalue weighted by atomic mass is 10.2. The van der Waals surface area contributed by atoms with Gasteiger partial charge < -0.3 is 14.0 Å². The normalized spacial score (nSPS) is 11.0. The lowest BCUT2D eigenvalue weighted by molar-refractivity contribution is 0.391. The predicted molar refractivity (Wildman–Crippen MR) is 127 cm³/mol. The van der Waals surface area contributed by atoms with Crippen LogP contribution in [0.15, 0.2) is 75.7 Å². The van der Waals surface area contributed by atoms with Crippen LogP contribution in [-0.4, -0.2) is 39.1 Å². The Labute approximate surface area is 198 Å². The first kappa shape index (κ1) is 21.2. The van der Waals surface area contributed by atoms with Crippen LogP contribution in [0.2, 0.25) is 0 Å². The zero-order chi connectivity index (χ0) is 22.6. The molecule has 2 aromatic carbocycles. The molecule has 0 N–H and O–H groups in total. The summed E-state index contributed by atoms with van der Waals surface area (Å²) in [6, 6.07) is 19.4. The number of rotatable bonds is 8. The van der Waals surface area contributed by atoms with E-state index in [1.165, 1.54) is 11.8 Å². The molecular formula is C23H19N5O3S2. The van der Waals surface area contributed by atoms with Crippen LogP contribution in [0.4, 0.5) is 0 Å². The molecule has 0 aliphatic carbocycles. The maximum Gasteiger partial charge on any atom is 0.237 e. The molecule has 33 heavy (non-hydrogen) atoms. The Morgan fingerprint density at radius 1 is 0.970 bits per heavy atom. The van der Waals surface area contributed by atoms with Gasteiger partial charge in [-0.1, -0.05) is 35.1 Å². The van der Waals surface area contributed by atoms with E-state index in [-0.39, 0.29) is 0 Å². The fourth-order valence-electron chi connectivity index (χ4n) is 3.28. The molecule has 0 bridgehead atoms. The highest BCUT2D eigenvalue weighted by Gasteiger charge is 2.20. The third-order valence-corrected chi connectivity index (χ3v) is 6.63. The highest BCUT2D eigenvalue weighted by atomic mass is 32.2. The van der Waals surface area contributed by atoms with E-state index in [0.717, 1.165) is 21.9 Å². The fraction of sp³-hybridized carbons (Fsp3) is 0.130. The highest BCUT2D eigenvalue weighted by molar-refractivity contribution is 7.98. The molecule has 10 heteroatoms. The maximum atomic E-state index is 5.56. The van der Waals surface area contributed by atoms with Crippen LogP contribution >= 0.6 is 23.1 Å². The molecule has 3 aromatic heterocycles. The van der Waals surface area contributed by atoms with Gasteiger partial charge in [0.25, 0.3) is 0 Å². The number of thioether (sulfide) groups is 1. The summed E-state index contributed by atoms with van der Waals surface area (Å²) in [4.78, 5) is 5.47. The lowest BCUT2D eigenvalue weighted by Gasteiger charge is -2.12. The van der Waals surface area contributed by atoms with Crippen molar-refractivity contribution in [2.45, 2.75) is 10.9 Å². The highest BCUT2D eigenvalue weighted by Crippen LogP contribution is 2.34. The minimum absolute atomic E-state index is 0.457. The van der Waals surface area contributed by atoms with Gasteiger partial charge in [0.1, 0.15) is 11.5 Å². The average Bonchev–Trinajstić information content (AvgIpc) is 3.63. The van der Waals surface area contributed by atoms with Crippen LogP contribution in [0, 0.1) is 0 Å². The van der Waals surface area contributed by atoms with Gasteiger partial charge in [-0.2, -0.15) is 4.98 Å². The third kappa shape index (κ3) is 4.35. The number of methoxy groups -OCH3 is 2. The molecule has 0 amide bonds. The third-order valence-electron chi connectivity index (χ3n) is 4.85. The molecule has 5 rings (SSSR count). The topological polar surface area (TPSA) is 88.1 Å². The summed E-state index contributed by atoms with van der Waals surface area (Å²) < 4.78 is 18.3. The molecule has 5 aromatic rings. The van der Waals surface area contributed by atoms with Crippen molar-refractivity contribution in [3.8, 4) is 39.3 Å². The summed E-state index contributed by atoms with van der Waals surface area (Å²) in [6.45, 7) is 0. The molecule has 0 saturated carbocycles. The zero-order valence-electron chi connectivity index (χ0n) is 17.8. The Bertz CT molecular complexity index is 1350. The van der Waals surface area contributed by atoms with Gasteiger partial charge in [0.15, 0.2) is 11.0 Å². The first-order chi connectivity index (χ1) is 16.3. The monoisotopic (exact) mass is 477 g/mol. The van der Waals surface area contributed by atoms with Crippen LogP contribution in [0.1, 0.15) is 5.89 Å². The summed E-state index contributed by atoms with van der Waals surface area (Å²) in [6.07, 6.45) is 0. The van der Waals surface area contributed by atoms with Gasteiger partial charge in [-0.05, 0) is 47.8 Å². The second kappa shape index (κ2) is 9.47. The van der Waals surface area contributed by atoms with Crippen molar-refractivity contribution in [3.63, 3.8) is 0 Å². The van der Waals surface area contributed by atoms with Crippen molar-refractivity contribution in [2.75, 3.05) is 14.2 Å². The van der Waals surface area contributed by atoms with Crippen LogP contribution in [-0.2, 0) is 5.75 Å². The van der Waals surface area contributed by atoms with Crippen molar-refractivity contribution in [1.29, 1.82) is 0 Å². The summed E-state index contributed by atoms with van der Waals surface area (Å²) >= 11 is 3.04. The Kier molecular flexibility index (Phi) is 6.09. The van der Waals surface area contributed by atoms with Crippen molar-refractivity contribution in [1.82, 2.24) is 24.9 Å². The lowest BCUT2D eigenvalue weighted by Crippen LogP contribution is -2.01. The molecule has 0 aliphatic rings. The summed E-state index contributed by atoms with van der Waals surface area (Å²) in [7, 11) is 3.29. The first-order valence-corrected chi connectivity index (χ1v) is 11.9. The molecular weight excluding hydrogens is 458 g/mol. The van der Waals surface area contributed by atoms with Crippen molar-refractivity contribution >= 4 is 23.1 Å². The SMILES string of the molecule is COc1ccc(-n2c(SCc3nc(-c4cccs4)no3)nnc2-c2ccccc2OC)cc1. The van der Waals surface area contributed by atoms with Crippen LogP contribution in [0.25, 0.3) is 27.8 Å². The minimum Gasteiger partial charge on any atom is -0.497 e. The molecule has 166 valence electrons. The van der Waals surface area contributed by atoms with Gasteiger partial charge in [-0.25, -0.2) is 0 Å². The van der Waals surface area contributed by atoms with Crippen molar-refractivity contribution in [3.05, 3.63) is 71.9 Å². The standard InChI is InChI=1S/C23H19N5O3S2/c1-29-16-11-9-15(10-12-16)28-22(17-6-3-4-7-18(17)30-2)25-26-23(28)33-14-20-24-21(27-31-20)19-8-5-13-32-19/h3-13H,14H2,1-2H3. The first-order valence-electron chi connectivity index (χ1n) is 9.99. The molecule has 0 aliphatic heterocycles. The van der Waals surface area contributed by atoms with Gasteiger partial charge in [0, 0.05) is 0 Å². The van der Waals surface area contributed by atoms with E-state index in [0.29, 0.717) is 34.2 Å². The molecule has 0 saturated heterocycles. The van der Waals surface area contributed by atoms with Crippen LogP contribution in [0.3, 0.4) is 0 Å². The average molecular weight is 478 g/mol. The number of para-hydroxylation sites is 1. The van der Waals surface area contributed by atoms with Gasteiger partial charge in [0.05, 0.1) is 36.1 Å². The predicted octanol–water partition coefficient (Wildman–Crippen LogP) is 5.36. The Morgan fingerprint density at radius 2 is 1.82 bits per heavy atom. The number of benzene rings is 2. The van der Waals surface area contributed by atoms with Gasteiger partial charge in [-0.3, -0.25) is 4.57 Å². The number of thiophene rings is 1. The molecule has 0 atom stereocenters. The largest absolute Gasteiger partial charge is 0.497 e.